The Hall–Kier alpha value is -3.13. The fourth-order valence-corrected chi connectivity index (χ4v) is 4.71. The van der Waals surface area contributed by atoms with Crippen LogP contribution in [0.2, 0.25) is 0 Å². The van der Waals surface area contributed by atoms with Crippen LogP contribution in [0.4, 0.5) is 0 Å². The summed E-state index contributed by atoms with van der Waals surface area (Å²) >= 11 is 0. The van der Waals surface area contributed by atoms with Gasteiger partial charge >= 0.3 is 11.9 Å². The molecule has 176 valence electrons. The van der Waals surface area contributed by atoms with E-state index in [-0.39, 0.29) is 24.2 Å². The molecule has 1 fully saturated rings. The minimum atomic E-state index is -0.605. The van der Waals surface area contributed by atoms with E-state index in [1.165, 1.54) is 14.0 Å². The summed E-state index contributed by atoms with van der Waals surface area (Å²) in [5, 5.41) is 3.28. The summed E-state index contributed by atoms with van der Waals surface area (Å²) in [6, 6.07) is 5.08. The summed E-state index contributed by atoms with van der Waals surface area (Å²) in [6.45, 7) is 3.99. The average molecular weight is 456 g/mol. The second-order valence-electron chi connectivity index (χ2n) is 8.50. The summed E-state index contributed by atoms with van der Waals surface area (Å²) in [5.74, 6) is -0.926. The third-order valence-corrected chi connectivity index (χ3v) is 6.19. The first kappa shape index (κ1) is 23.0. The van der Waals surface area contributed by atoms with Crippen LogP contribution in [0.3, 0.4) is 0 Å². The van der Waals surface area contributed by atoms with Crippen molar-refractivity contribution in [2.75, 3.05) is 20.3 Å². The Morgan fingerprint density at radius 3 is 2.70 bits per heavy atom. The molecule has 2 heterocycles. The molecule has 4 rings (SSSR count). The fourth-order valence-electron chi connectivity index (χ4n) is 4.71. The molecular formula is C25H29NO7. The molecule has 0 saturated carbocycles. The van der Waals surface area contributed by atoms with Gasteiger partial charge in [-0.1, -0.05) is 6.07 Å². The second kappa shape index (κ2) is 9.79. The van der Waals surface area contributed by atoms with Crippen molar-refractivity contribution < 1.29 is 33.3 Å². The maximum atomic E-state index is 13.3. The zero-order chi connectivity index (χ0) is 23.5. The van der Waals surface area contributed by atoms with Gasteiger partial charge in [-0.05, 0) is 50.3 Å². The molecule has 2 atom stereocenters. The summed E-state index contributed by atoms with van der Waals surface area (Å²) < 4.78 is 21.9. The minimum Gasteiger partial charge on any atom is -0.493 e. The summed E-state index contributed by atoms with van der Waals surface area (Å²) in [6.07, 6.45) is 3.63. The number of rotatable bonds is 6. The lowest BCUT2D eigenvalue weighted by molar-refractivity contribution is -0.142. The van der Waals surface area contributed by atoms with Crippen molar-refractivity contribution in [3.05, 3.63) is 46.3 Å². The first-order valence-electron chi connectivity index (χ1n) is 11.3. The summed E-state index contributed by atoms with van der Waals surface area (Å²) in [4.78, 5) is 37.8. The number of allylic oxidation sites excluding steroid dienone is 3. The smallest absolute Gasteiger partial charge is 0.336 e. The first-order valence-corrected chi connectivity index (χ1v) is 11.3. The number of ketones is 1. The second-order valence-corrected chi connectivity index (χ2v) is 8.50. The van der Waals surface area contributed by atoms with Crippen LogP contribution in [0.25, 0.3) is 0 Å². The highest BCUT2D eigenvalue weighted by molar-refractivity contribution is 6.03. The number of benzene rings is 1. The Bertz CT molecular complexity index is 1030. The lowest BCUT2D eigenvalue weighted by atomic mass is 9.75. The highest BCUT2D eigenvalue weighted by Gasteiger charge is 2.39. The highest BCUT2D eigenvalue weighted by atomic mass is 16.6. The molecule has 0 radical (unpaired) electrons. The first-order chi connectivity index (χ1) is 15.9. The number of carbonyl (C=O) groups is 3. The molecule has 1 aliphatic carbocycles. The third-order valence-electron chi connectivity index (χ3n) is 6.19. The van der Waals surface area contributed by atoms with Gasteiger partial charge < -0.3 is 24.3 Å². The van der Waals surface area contributed by atoms with Crippen molar-refractivity contribution in [3.63, 3.8) is 0 Å². The van der Waals surface area contributed by atoms with Crippen LogP contribution in [0.5, 0.6) is 11.5 Å². The molecular weight excluding hydrogens is 426 g/mol. The number of dihydropyridines is 1. The van der Waals surface area contributed by atoms with Gasteiger partial charge in [0.2, 0.25) is 0 Å². The van der Waals surface area contributed by atoms with E-state index in [9.17, 15) is 14.4 Å². The Labute approximate surface area is 192 Å². The molecule has 1 N–H and O–H groups in total. The fraction of sp³-hybridized carbons (Fsp3) is 0.480. The average Bonchev–Trinajstić information content (AvgIpc) is 3.30. The van der Waals surface area contributed by atoms with Gasteiger partial charge in [0, 0.05) is 42.8 Å². The predicted molar refractivity (Wildman–Crippen MR) is 119 cm³/mol. The van der Waals surface area contributed by atoms with Gasteiger partial charge in [0.25, 0.3) is 0 Å². The van der Waals surface area contributed by atoms with E-state index in [1.807, 2.05) is 6.92 Å². The number of ether oxygens (including phenoxy) is 4. The summed E-state index contributed by atoms with van der Waals surface area (Å²) in [7, 11) is 1.48. The molecule has 0 aromatic heterocycles. The number of esters is 2. The van der Waals surface area contributed by atoms with Crippen molar-refractivity contribution in [2.45, 2.75) is 58.0 Å². The van der Waals surface area contributed by atoms with Crippen LogP contribution in [-0.2, 0) is 23.9 Å². The molecule has 8 nitrogen and oxygen atoms in total. The number of Topliss-reactive ketones (excluding diaryl/α,β-unsaturated/α-hetero) is 1. The maximum absolute atomic E-state index is 13.3. The van der Waals surface area contributed by atoms with E-state index in [0.717, 1.165) is 31.4 Å². The van der Waals surface area contributed by atoms with E-state index in [0.29, 0.717) is 41.2 Å². The SMILES string of the molecule is COc1cc([C@@H]2C(C(=O)OC[C@H]3CCCO3)=C(C)NC3=C2C(=O)CCC3)ccc1OC(C)=O. The molecule has 0 unspecified atom stereocenters. The van der Waals surface area contributed by atoms with E-state index >= 15 is 0 Å². The van der Waals surface area contributed by atoms with E-state index in [2.05, 4.69) is 5.32 Å². The van der Waals surface area contributed by atoms with E-state index < -0.39 is 17.9 Å². The number of nitrogens with one attached hydrogen (secondary N) is 1. The number of methoxy groups -OCH3 is 1. The standard InChI is InChI=1S/C25H29NO7/c1-14-22(25(29)32-13-17-6-5-11-31-17)23(24-18(26-14)7-4-8-19(24)28)16-9-10-20(33-15(2)27)21(12-16)30-3/h9-10,12,17,23,26H,4-8,11,13H2,1-3H3/t17-,23-/m1/s1. The zero-order valence-electron chi connectivity index (χ0n) is 19.2. The van der Waals surface area contributed by atoms with Crippen LogP contribution in [0, 0.1) is 0 Å². The quantitative estimate of drug-likeness (QED) is 0.515. The van der Waals surface area contributed by atoms with Crippen LogP contribution >= 0.6 is 0 Å². The van der Waals surface area contributed by atoms with Gasteiger partial charge in [-0.15, -0.1) is 0 Å². The number of hydrogen-bond donors (Lipinski definition) is 1. The Morgan fingerprint density at radius 1 is 1.18 bits per heavy atom. The predicted octanol–water partition coefficient (Wildman–Crippen LogP) is 3.31. The Balaban J connectivity index is 1.73. The third kappa shape index (κ3) is 4.80. The maximum Gasteiger partial charge on any atom is 0.336 e. The lowest BCUT2D eigenvalue weighted by Gasteiger charge is -2.34. The molecule has 33 heavy (non-hydrogen) atoms. The highest BCUT2D eigenvalue weighted by Crippen LogP contribution is 2.44. The van der Waals surface area contributed by atoms with Crippen LogP contribution < -0.4 is 14.8 Å². The van der Waals surface area contributed by atoms with E-state index in [4.69, 9.17) is 18.9 Å². The topological polar surface area (TPSA) is 100 Å². The van der Waals surface area contributed by atoms with Gasteiger partial charge in [-0.3, -0.25) is 9.59 Å². The van der Waals surface area contributed by atoms with Gasteiger partial charge in [-0.25, -0.2) is 4.79 Å². The summed E-state index contributed by atoms with van der Waals surface area (Å²) in [5.41, 5.74) is 3.17. The number of carbonyl (C=O) groups excluding carboxylic acids is 3. The molecule has 2 aliphatic heterocycles. The van der Waals surface area contributed by atoms with Crippen molar-refractivity contribution in [1.82, 2.24) is 5.32 Å². The van der Waals surface area contributed by atoms with Crippen LogP contribution in [-0.4, -0.2) is 44.1 Å². The van der Waals surface area contributed by atoms with Crippen molar-refractivity contribution in [1.29, 1.82) is 0 Å². The molecule has 0 amide bonds. The van der Waals surface area contributed by atoms with Crippen molar-refractivity contribution in [2.24, 2.45) is 0 Å². The monoisotopic (exact) mass is 455 g/mol. The van der Waals surface area contributed by atoms with Gasteiger partial charge in [0.15, 0.2) is 17.3 Å². The Morgan fingerprint density at radius 2 is 2.00 bits per heavy atom. The van der Waals surface area contributed by atoms with E-state index in [1.54, 1.807) is 18.2 Å². The molecule has 0 bridgehead atoms. The van der Waals surface area contributed by atoms with Gasteiger partial charge in [-0.2, -0.15) is 0 Å². The largest absolute Gasteiger partial charge is 0.493 e. The molecule has 1 aromatic rings. The van der Waals surface area contributed by atoms with Crippen molar-refractivity contribution >= 4 is 17.7 Å². The normalized spacial score (nSPS) is 22.6. The Kier molecular flexibility index (Phi) is 6.83. The molecule has 1 saturated heterocycles. The number of hydrogen-bond acceptors (Lipinski definition) is 8. The van der Waals surface area contributed by atoms with Gasteiger partial charge in [0.05, 0.1) is 18.8 Å². The van der Waals surface area contributed by atoms with Crippen LogP contribution in [0.1, 0.15) is 57.4 Å². The van der Waals surface area contributed by atoms with Crippen LogP contribution in [0.15, 0.2) is 40.7 Å². The minimum absolute atomic E-state index is 0.00806. The molecule has 3 aliphatic rings. The zero-order valence-corrected chi connectivity index (χ0v) is 19.2. The lowest BCUT2D eigenvalue weighted by Crippen LogP contribution is -2.35. The molecule has 8 heteroatoms. The molecule has 1 aromatic carbocycles. The van der Waals surface area contributed by atoms with Crippen molar-refractivity contribution in [3.8, 4) is 11.5 Å². The molecule has 0 spiro atoms. The van der Waals surface area contributed by atoms with Gasteiger partial charge in [0.1, 0.15) is 6.61 Å².